The van der Waals surface area contributed by atoms with Crippen LogP contribution in [0.5, 0.6) is 5.88 Å². The Hall–Kier alpha value is -2.58. The number of nitrogens with zero attached hydrogens (tertiary/aromatic N) is 2. The lowest BCUT2D eigenvalue weighted by Gasteiger charge is -2.26. The van der Waals surface area contributed by atoms with E-state index in [1.165, 1.54) is 5.56 Å². The predicted octanol–water partition coefficient (Wildman–Crippen LogP) is 1.96. The zero-order chi connectivity index (χ0) is 15.2. The number of hydrogen-bond donors (Lipinski definition) is 2. The number of nitrogens with one attached hydrogen (secondary N) is 2. The molecule has 5 nitrogen and oxygen atoms in total. The highest BCUT2D eigenvalue weighted by Gasteiger charge is 2.19. The van der Waals surface area contributed by atoms with Gasteiger partial charge >= 0.3 is 0 Å². The number of ether oxygens (including phenoxy) is 1. The van der Waals surface area contributed by atoms with Crippen LogP contribution in [0.3, 0.4) is 0 Å². The SMILES string of the molecule is N#Cc1ccc(CCNCC2CNc3cccnc3O2)cc1. The minimum Gasteiger partial charge on any atom is -0.470 e. The van der Waals surface area contributed by atoms with E-state index in [1.54, 1.807) is 6.20 Å². The Morgan fingerprint density at radius 1 is 1.32 bits per heavy atom. The number of aromatic nitrogens is 1. The molecule has 0 amide bonds. The molecule has 3 rings (SSSR count). The van der Waals surface area contributed by atoms with E-state index < -0.39 is 0 Å². The van der Waals surface area contributed by atoms with Gasteiger partial charge in [0, 0.05) is 12.7 Å². The van der Waals surface area contributed by atoms with Crippen molar-refractivity contribution in [1.82, 2.24) is 10.3 Å². The van der Waals surface area contributed by atoms with Gasteiger partial charge in [-0.05, 0) is 42.8 Å². The highest BCUT2D eigenvalue weighted by atomic mass is 16.5. The smallest absolute Gasteiger partial charge is 0.237 e. The molecule has 0 radical (unpaired) electrons. The van der Waals surface area contributed by atoms with Crippen LogP contribution in [-0.2, 0) is 6.42 Å². The van der Waals surface area contributed by atoms with Crippen LogP contribution in [0.1, 0.15) is 11.1 Å². The Kier molecular flexibility index (Phi) is 4.52. The third-order valence-electron chi connectivity index (χ3n) is 3.62. The van der Waals surface area contributed by atoms with Crippen molar-refractivity contribution in [2.24, 2.45) is 0 Å². The topological polar surface area (TPSA) is 70.0 Å². The summed E-state index contributed by atoms with van der Waals surface area (Å²) in [5, 5.41) is 15.5. The fraction of sp³-hybridized carbons (Fsp3) is 0.294. The van der Waals surface area contributed by atoms with Gasteiger partial charge in [-0.2, -0.15) is 5.26 Å². The molecule has 0 spiro atoms. The lowest BCUT2D eigenvalue weighted by atomic mass is 10.1. The second kappa shape index (κ2) is 6.92. The first kappa shape index (κ1) is 14.4. The summed E-state index contributed by atoms with van der Waals surface area (Å²) in [6.45, 7) is 2.43. The number of pyridine rings is 1. The largest absolute Gasteiger partial charge is 0.470 e. The van der Waals surface area contributed by atoms with Gasteiger partial charge in [0.25, 0.3) is 0 Å². The standard InChI is InChI=1S/C17H18N4O/c18-10-14-5-3-13(4-6-14)7-9-19-11-15-12-21-16-2-1-8-20-17(16)22-15/h1-6,8,15,19,21H,7,9,11-12H2. The highest BCUT2D eigenvalue weighted by molar-refractivity contribution is 5.53. The van der Waals surface area contributed by atoms with E-state index in [9.17, 15) is 0 Å². The Morgan fingerprint density at radius 2 is 2.18 bits per heavy atom. The summed E-state index contributed by atoms with van der Waals surface area (Å²) in [6.07, 6.45) is 2.76. The van der Waals surface area contributed by atoms with Crippen molar-refractivity contribution in [3.63, 3.8) is 0 Å². The summed E-state index contributed by atoms with van der Waals surface area (Å²) in [5.74, 6) is 0.674. The molecule has 5 heteroatoms. The van der Waals surface area contributed by atoms with Crippen molar-refractivity contribution >= 4 is 5.69 Å². The number of hydrogen-bond acceptors (Lipinski definition) is 5. The number of rotatable bonds is 5. The van der Waals surface area contributed by atoms with Gasteiger partial charge in [0.2, 0.25) is 5.88 Å². The summed E-state index contributed by atoms with van der Waals surface area (Å²) in [7, 11) is 0. The molecule has 22 heavy (non-hydrogen) atoms. The molecule has 0 aliphatic carbocycles. The minimum atomic E-state index is 0.0864. The van der Waals surface area contributed by atoms with Gasteiger partial charge in [-0.1, -0.05) is 12.1 Å². The molecule has 2 aromatic rings. The normalized spacial score (nSPS) is 16.0. The molecular weight excluding hydrogens is 276 g/mol. The Labute approximate surface area is 129 Å². The van der Waals surface area contributed by atoms with Gasteiger partial charge in [-0.15, -0.1) is 0 Å². The van der Waals surface area contributed by atoms with Crippen LogP contribution >= 0.6 is 0 Å². The molecule has 0 bridgehead atoms. The number of nitriles is 1. The van der Waals surface area contributed by atoms with Crippen LogP contribution in [0.2, 0.25) is 0 Å². The average Bonchev–Trinajstić information content (AvgIpc) is 2.59. The van der Waals surface area contributed by atoms with Crippen molar-refractivity contribution in [3.8, 4) is 11.9 Å². The first-order valence-corrected chi connectivity index (χ1v) is 7.40. The first-order chi connectivity index (χ1) is 10.8. The third kappa shape index (κ3) is 3.54. The molecule has 1 aromatic heterocycles. The maximum absolute atomic E-state index is 8.77. The van der Waals surface area contributed by atoms with E-state index in [1.807, 2.05) is 36.4 Å². The Morgan fingerprint density at radius 3 is 3.00 bits per heavy atom. The third-order valence-corrected chi connectivity index (χ3v) is 3.62. The van der Waals surface area contributed by atoms with Gasteiger partial charge in [-0.3, -0.25) is 0 Å². The van der Waals surface area contributed by atoms with E-state index in [4.69, 9.17) is 10.00 Å². The molecule has 1 atom stereocenters. The Bertz CT molecular complexity index is 663. The van der Waals surface area contributed by atoms with Gasteiger partial charge in [0.1, 0.15) is 6.10 Å². The van der Waals surface area contributed by atoms with Crippen LogP contribution in [0.15, 0.2) is 42.6 Å². The fourth-order valence-corrected chi connectivity index (χ4v) is 2.40. The molecule has 0 saturated heterocycles. The summed E-state index contributed by atoms with van der Waals surface area (Å²) < 4.78 is 5.84. The van der Waals surface area contributed by atoms with Crippen LogP contribution in [0.25, 0.3) is 0 Å². The molecule has 1 aliphatic heterocycles. The quantitative estimate of drug-likeness (QED) is 0.825. The zero-order valence-electron chi connectivity index (χ0n) is 12.2. The number of benzene rings is 1. The Balaban J connectivity index is 1.41. The first-order valence-electron chi connectivity index (χ1n) is 7.40. The second-order valence-electron chi connectivity index (χ2n) is 5.24. The van der Waals surface area contributed by atoms with Crippen molar-refractivity contribution in [1.29, 1.82) is 5.26 Å². The molecule has 112 valence electrons. The van der Waals surface area contributed by atoms with Crippen molar-refractivity contribution in [2.45, 2.75) is 12.5 Å². The van der Waals surface area contributed by atoms with E-state index in [-0.39, 0.29) is 6.10 Å². The van der Waals surface area contributed by atoms with E-state index in [2.05, 4.69) is 21.7 Å². The van der Waals surface area contributed by atoms with E-state index in [0.717, 1.165) is 31.7 Å². The average molecular weight is 294 g/mol. The molecule has 1 aliphatic rings. The maximum atomic E-state index is 8.77. The molecule has 1 aromatic carbocycles. The van der Waals surface area contributed by atoms with Crippen LogP contribution in [0.4, 0.5) is 5.69 Å². The van der Waals surface area contributed by atoms with Crippen molar-refractivity contribution < 1.29 is 4.74 Å². The van der Waals surface area contributed by atoms with Gasteiger partial charge in [0.15, 0.2) is 0 Å². The molecule has 1 unspecified atom stereocenters. The predicted molar refractivity (Wildman–Crippen MR) is 84.9 cm³/mol. The fourth-order valence-electron chi connectivity index (χ4n) is 2.40. The van der Waals surface area contributed by atoms with Crippen LogP contribution in [-0.4, -0.2) is 30.7 Å². The molecule has 0 fully saturated rings. The summed E-state index contributed by atoms with van der Waals surface area (Å²) in [5.41, 5.74) is 2.88. The maximum Gasteiger partial charge on any atom is 0.237 e. The molecule has 2 heterocycles. The van der Waals surface area contributed by atoms with Gasteiger partial charge < -0.3 is 15.4 Å². The second-order valence-corrected chi connectivity index (χ2v) is 5.24. The number of fused-ring (bicyclic) bond motifs is 1. The number of anilines is 1. The molecule has 2 N–H and O–H groups in total. The lowest BCUT2D eigenvalue weighted by Crippen LogP contribution is -2.40. The zero-order valence-corrected chi connectivity index (χ0v) is 12.2. The van der Waals surface area contributed by atoms with Crippen molar-refractivity contribution in [3.05, 3.63) is 53.7 Å². The van der Waals surface area contributed by atoms with E-state index in [0.29, 0.717) is 11.4 Å². The highest BCUT2D eigenvalue weighted by Crippen LogP contribution is 2.24. The van der Waals surface area contributed by atoms with Gasteiger partial charge in [0.05, 0.1) is 23.9 Å². The van der Waals surface area contributed by atoms with Gasteiger partial charge in [-0.25, -0.2) is 4.98 Å². The summed E-state index contributed by atoms with van der Waals surface area (Å²) >= 11 is 0. The lowest BCUT2D eigenvalue weighted by molar-refractivity contribution is 0.194. The molecular formula is C17H18N4O. The summed E-state index contributed by atoms with van der Waals surface area (Å²) in [4.78, 5) is 4.22. The van der Waals surface area contributed by atoms with Crippen molar-refractivity contribution in [2.75, 3.05) is 25.0 Å². The monoisotopic (exact) mass is 294 g/mol. The van der Waals surface area contributed by atoms with E-state index >= 15 is 0 Å². The summed E-state index contributed by atoms with van der Waals surface area (Å²) in [6, 6.07) is 13.7. The van der Waals surface area contributed by atoms with Crippen LogP contribution < -0.4 is 15.4 Å². The molecule has 0 saturated carbocycles. The minimum absolute atomic E-state index is 0.0864. The van der Waals surface area contributed by atoms with Crippen LogP contribution in [0, 0.1) is 11.3 Å².